The maximum absolute atomic E-state index is 10.6. The second-order valence-corrected chi connectivity index (χ2v) is 3.46. The average molecular weight is 252 g/mol. The first kappa shape index (κ1) is 13.3. The van der Waals surface area contributed by atoms with E-state index >= 15 is 0 Å². The molecule has 0 aliphatic carbocycles. The van der Waals surface area contributed by atoms with Crippen LogP contribution in [0.1, 0.15) is 5.56 Å². The van der Waals surface area contributed by atoms with Gasteiger partial charge in [0, 0.05) is 24.1 Å². The Morgan fingerprint density at radius 1 is 1.17 bits per heavy atom. The van der Waals surface area contributed by atoms with E-state index in [0.717, 1.165) is 18.2 Å². The number of carboxylic acid groups (broad SMARTS) is 1. The van der Waals surface area contributed by atoms with Crippen LogP contribution in [0.15, 0.2) is 30.4 Å². The highest BCUT2D eigenvalue weighted by molar-refractivity contribution is 5.86. The zero-order valence-electron chi connectivity index (χ0n) is 9.03. The standard InChI is InChI=1S/C10H8N2O6/c1-6(10(13)14)2-7-3-8(11(15)16)5-9(4-7)12(17)18/h3-5H,1-2H2,(H,13,14). The highest BCUT2D eigenvalue weighted by atomic mass is 16.6. The van der Waals surface area contributed by atoms with Gasteiger partial charge >= 0.3 is 5.97 Å². The number of nitro benzene ring substituents is 2. The fourth-order valence-electron chi connectivity index (χ4n) is 1.29. The van der Waals surface area contributed by atoms with Gasteiger partial charge in [-0.3, -0.25) is 20.2 Å². The van der Waals surface area contributed by atoms with E-state index < -0.39 is 27.2 Å². The average Bonchev–Trinajstić information content (AvgIpc) is 2.28. The summed E-state index contributed by atoms with van der Waals surface area (Å²) in [5.41, 5.74) is -0.970. The van der Waals surface area contributed by atoms with Crippen LogP contribution in [0.5, 0.6) is 0 Å². The van der Waals surface area contributed by atoms with Crippen LogP contribution in [0.4, 0.5) is 11.4 Å². The van der Waals surface area contributed by atoms with Crippen molar-refractivity contribution in [1.29, 1.82) is 0 Å². The summed E-state index contributed by atoms with van der Waals surface area (Å²) >= 11 is 0. The van der Waals surface area contributed by atoms with Gasteiger partial charge in [0.1, 0.15) is 0 Å². The number of nitrogens with zero attached hydrogens (tertiary/aromatic N) is 2. The van der Waals surface area contributed by atoms with Crippen LogP contribution in [0.3, 0.4) is 0 Å². The molecule has 1 aromatic rings. The van der Waals surface area contributed by atoms with Crippen LogP contribution in [-0.2, 0) is 11.2 Å². The van der Waals surface area contributed by atoms with E-state index in [0.29, 0.717) is 0 Å². The number of aliphatic carboxylic acids is 1. The molecule has 0 saturated heterocycles. The van der Waals surface area contributed by atoms with Crippen molar-refractivity contribution in [3.8, 4) is 0 Å². The third kappa shape index (κ3) is 3.11. The molecule has 0 unspecified atom stereocenters. The molecule has 1 N–H and O–H groups in total. The molecule has 0 radical (unpaired) electrons. The van der Waals surface area contributed by atoms with E-state index in [-0.39, 0.29) is 17.6 Å². The van der Waals surface area contributed by atoms with E-state index in [1.165, 1.54) is 0 Å². The molecule has 0 fully saturated rings. The Bertz CT molecular complexity index is 519. The first-order chi connectivity index (χ1) is 8.31. The predicted molar refractivity (Wildman–Crippen MR) is 60.2 cm³/mol. The number of non-ortho nitro benzene ring substituents is 2. The topological polar surface area (TPSA) is 124 Å². The monoisotopic (exact) mass is 252 g/mol. The Hall–Kier alpha value is -2.77. The number of rotatable bonds is 5. The summed E-state index contributed by atoms with van der Waals surface area (Å²) < 4.78 is 0. The van der Waals surface area contributed by atoms with Gasteiger partial charge in [0.05, 0.1) is 15.9 Å². The molecule has 8 heteroatoms. The van der Waals surface area contributed by atoms with Crippen molar-refractivity contribution < 1.29 is 19.7 Å². The molecule has 0 aromatic heterocycles. The second-order valence-electron chi connectivity index (χ2n) is 3.46. The maximum Gasteiger partial charge on any atom is 0.331 e. The first-order valence-corrected chi connectivity index (χ1v) is 4.65. The van der Waals surface area contributed by atoms with Gasteiger partial charge in [-0.25, -0.2) is 4.79 Å². The van der Waals surface area contributed by atoms with E-state index in [1.807, 2.05) is 0 Å². The molecule has 0 saturated carbocycles. The zero-order valence-corrected chi connectivity index (χ0v) is 9.03. The Morgan fingerprint density at radius 2 is 1.61 bits per heavy atom. The Kier molecular flexibility index (Phi) is 3.72. The molecule has 0 heterocycles. The Balaban J connectivity index is 3.19. The summed E-state index contributed by atoms with van der Waals surface area (Å²) in [5.74, 6) is -1.26. The number of nitro groups is 2. The van der Waals surface area contributed by atoms with E-state index in [1.54, 1.807) is 0 Å². The second kappa shape index (κ2) is 5.04. The van der Waals surface area contributed by atoms with Crippen molar-refractivity contribution in [3.05, 3.63) is 56.1 Å². The van der Waals surface area contributed by atoms with Gasteiger partial charge in [0.15, 0.2) is 0 Å². The predicted octanol–water partition coefficient (Wildman–Crippen LogP) is 1.69. The Morgan fingerprint density at radius 3 is 1.94 bits per heavy atom. The fourth-order valence-corrected chi connectivity index (χ4v) is 1.29. The summed E-state index contributed by atoms with van der Waals surface area (Å²) in [5, 5.41) is 29.8. The van der Waals surface area contributed by atoms with Gasteiger partial charge in [-0.05, 0) is 5.56 Å². The third-order valence-corrected chi connectivity index (χ3v) is 2.10. The molecular weight excluding hydrogens is 244 g/mol. The Labute approximate surface area is 100 Å². The van der Waals surface area contributed by atoms with Gasteiger partial charge in [0.25, 0.3) is 11.4 Å². The molecule has 1 aromatic carbocycles. The summed E-state index contributed by atoms with van der Waals surface area (Å²) in [7, 11) is 0. The highest BCUT2D eigenvalue weighted by Crippen LogP contribution is 2.24. The lowest BCUT2D eigenvalue weighted by Gasteiger charge is -2.01. The maximum atomic E-state index is 10.6. The van der Waals surface area contributed by atoms with E-state index in [9.17, 15) is 25.0 Å². The molecule has 18 heavy (non-hydrogen) atoms. The quantitative estimate of drug-likeness (QED) is 0.483. The van der Waals surface area contributed by atoms with Gasteiger partial charge < -0.3 is 5.11 Å². The largest absolute Gasteiger partial charge is 0.478 e. The minimum atomic E-state index is -1.26. The highest BCUT2D eigenvalue weighted by Gasteiger charge is 2.17. The van der Waals surface area contributed by atoms with Gasteiger partial charge in [-0.1, -0.05) is 6.58 Å². The molecule has 0 amide bonds. The molecular formula is C10H8N2O6. The number of carboxylic acids is 1. The minimum absolute atomic E-state index is 0.156. The zero-order chi connectivity index (χ0) is 13.9. The van der Waals surface area contributed by atoms with Crippen molar-refractivity contribution in [2.75, 3.05) is 0 Å². The van der Waals surface area contributed by atoms with Crippen LogP contribution in [0, 0.1) is 20.2 Å². The number of hydrogen-bond acceptors (Lipinski definition) is 5. The lowest BCUT2D eigenvalue weighted by Crippen LogP contribution is -2.03. The summed E-state index contributed by atoms with van der Waals surface area (Å²) in [6, 6.07) is 2.98. The number of hydrogen-bond donors (Lipinski definition) is 1. The van der Waals surface area contributed by atoms with Gasteiger partial charge in [0.2, 0.25) is 0 Å². The van der Waals surface area contributed by atoms with Crippen LogP contribution >= 0.6 is 0 Å². The van der Waals surface area contributed by atoms with E-state index in [4.69, 9.17) is 5.11 Å². The summed E-state index contributed by atoms with van der Waals surface area (Å²) in [4.78, 5) is 30.2. The molecule has 8 nitrogen and oxygen atoms in total. The number of benzene rings is 1. The van der Waals surface area contributed by atoms with Crippen molar-refractivity contribution in [1.82, 2.24) is 0 Å². The van der Waals surface area contributed by atoms with Gasteiger partial charge in [-0.15, -0.1) is 0 Å². The molecule has 0 bridgehead atoms. The van der Waals surface area contributed by atoms with Crippen LogP contribution in [0.25, 0.3) is 0 Å². The third-order valence-electron chi connectivity index (χ3n) is 2.10. The molecule has 0 spiro atoms. The SMILES string of the molecule is C=C(Cc1cc([N+](=O)[O-])cc([N+](=O)[O-])c1)C(=O)O. The van der Waals surface area contributed by atoms with Crippen LogP contribution < -0.4 is 0 Å². The van der Waals surface area contributed by atoms with Crippen LogP contribution in [-0.4, -0.2) is 20.9 Å². The summed E-state index contributed by atoms with van der Waals surface area (Å²) in [6.45, 7) is 3.26. The first-order valence-electron chi connectivity index (χ1n) is 4.65. The lowest BCUT2D eigenvalue weighted by atomic mass is 10.1. The molecule has 1 rings (SSSR count). The van der Waals surface area contributed by atoms with Crippen molar-refractivity contribution in [2.45, 2.75) is 6.42 Å². The lowest BCUT2D eigenvalue weighted by molar-refractivity contribution is -0.394. The van der Waals surface area contributed by atoms with Gasteiger partial charge in [-0.2, -0.15) is 0 Å². The number of carbonyl (C=O) groups is 1. The van der Waals surface area contributed by atoms with Crippen molar-refractivity contribution in [3.63, 3.8) is 0 Å². The normalized spacial score (nSPS) is 9.78. The minimum Gasteiger partial charge on any atom is -0.478 e. The van der Waals surface area contributed by atoms with E-state index in [2.05, 4.69) is 6.58 Å². The molecule has 0 aliphatic rings. The smallest absolute Gasteiger partial charge is 0.331 e. The summed E-state index contributed by atoms with van der Waals surface area (Å²) in [6.07, 6.45) is -0.197. The fraction of sp³-hybridized carbons (Fsp3) is 0.100. The van der Waals surface area contributed by atoms with Crippen molar-refractivity contribution in [2.24, 2.45) is 0 Å². The van der Waals surface area contributed by atoms with Crippen LogP contribution in [0.2, 0.25) is 0 Å². The van der Waals surface area contributed by atoms with Crippen molar-refractivity contribution >= 4 is 17.3 Å². The molecule has 94 valence electrons. The molecule has 0 aliphatic heterocycles. The molecule has 0 atom stereocenters.